The van der Waals surface area contributed by atoms with Crippen molar-refractivity contribution in [2.75, 3.05) is 13.7 Å². The molecule has 2 atom stereocenters. The van der Waals surface area contributed by atoms with Crippen LogP contribution in [0, 0.1) is 5.41 Å². The maximum Gasteiger partial charge on any atom is 0.264 e. The molecule has 1 heterocycles. The minimum atomic E-state index is -0.104. The SMILES string of the molecule is COCC1(C)c2n[nH]c(=O)cc2C(C)C12CC2. The summed E-state index contributed by atoms with van der Waals surface area (Å²) in [5.74, 6) is 0.410. The van der Waals surface area contributed by atoms with Crippen molar-refractivity contribution in [1.82, 2.24) is 10.2 Å². The molecule has 2 aliphatic carbocycles. The van der Waals surface area contributed by atoms with Crippen LogP contribution in [-0.2, 0) is 10.2 Å². The first-order valence-corrected chi connectivity index (χ1v) is 6.14. The van der Waals surface area contributed by atoms with Crippen LogP contribution in [0.1, 0.15) is 43.9 Å². The molecule has 0 bridgehead atoms. The van der Waals surface area contributed by atoms with Crippen LogP contribution < -0.4 is 5.56 Å². The number of hydrogen-bond acceptors (Lipinski definition) is 3. The van der Waals surface area contributed by atoms with Crippen LogP contribution >= 0.6 is 0 Å². The summed E-state index contributed by atoms with van der Waals surface area (Å²) < 4.78 is 5.41. The number of aromatic amines is 1. The third-order valence-electron chi connectivity index (χ3n) is 4.98. The number of nitrogens with one attached hydrogen (secondary N) is 1. The first kappa shape index (κ1) is 11.0. The van der Waals surface area contributed by atoms with Gasteiger partial charge in [-0.05, 0) is 29.7 Å². The van der Waals surface area contributed by atoms with Gasteiger partial charge in [-0.1, -0.05) is 13.8 Å². The Kier molecular flexibility index (Phi) is 2.06. The van der Waals surface area contributed by atoms with Gasteiger partial charge in [-0.2, -0.15) is 5.10 Å². The first-order chi connectivity index (χ1) is 8.05. The van der Waals surface area contributed by atoms with Crippen LogP contribution in [0.25, 0.3) is 0 Å². The van der Waals surface area contributed by atoms with Crippen LogP contribution in [-0.4, -0.2) is 23.9 Å². The van der Waals surface area contributed by atoms with Crippen molar-refractivity contribution in [3.63, 3.8) is 0 Å². The highest BCUT2D eigenvalue weighted by molar-refractivity contribution is 5.44. The molecule has 1 spiro atoms. The molecule has 4 nitrogen and oxygen atoms in total. The fourth-order valence-corrected chi connectivity index (χ4v) is 3.82. The van der Waals surface area contributed by atoms with Gasteiger partial charge in [0.2, 0.25) is 0 Å². The Hall–Kier alpha value is -1.16. The lowest BCUT2D eigenvalue weighted by molar-refractivity contribution is 0.0910. The smallest absolute Gasteiger partial charge is 0.264 e. The fourth-order valence-electron chi connectivity index (χ4n) is 3.82. The molecule has 1 N–H and O–H groups in total. The lowest BCUT2D eigenvalue weighted by Crippen LogP contribution is -2.36. The predicted octanol–water partition coefficient (Wildman–Crippen LogP) is 1.57. The molecule has 17 heavy (non-hydrogen) atoms. The monoisotopic (exact) mass is 234 g/mol. The second-order valence-corrected chi connectivity index (χ2v) is 5.68. The molecule has 0 radical (unpaired) electrons. The number of nitrogens with zero attached hydrogens (tertiary/aromatic N) is 1. The van der Waals surface area contributed by atoms with Crippen molar-refractivity contribution >= 4 is 0 Å². The molecule has 1 aromatic rings. The molecule has 2 aliphatic rings. The number of aromatic nitrogens is 2. The van der Waals surface area contributed by atoms with Crippen LogP contribution in [0.5, 0.6) is 0 Å². The van der Waals surface area contributed by atoms with Gasteiger partial charge >= 0.3 is 0 Å². The van der Waals surface area contributed by atoms with Crippen molar-refractivity contribution in [2.24, 2.45) is 5.41 Å². The molecule has 1 aromatic heterocycles. The zero-order valence-corrected chi connectivity index (χ0v) is 10.5. The molecular weight excluding hydrogens is 216 g/mol. The summed E-state index contributed by atoms with van der Waals surface area (Å²) in [6.45, 7) is 5.11. The molecule has 0 saturated heterocycles. The van der Waals surface area contributed by atoms with E-state index in [9.17, 15) is 4.79 Å². The molecule has 0 amide bonds. The van der Waals surface area contributed by atoms with Gasteiger partial charge in [-0.15, -0.1) is 0 Å². The number of fused-ring (bicyclic) bond motifs is 1. The van der Waals surface area contributed by atoms with Crippen molar-refractivity contribution in [1.29, 1.82) is 0 Å². The molecule has 1 fully saturated rings. The van der Waals surface area contributed by atoms with E-state index >= 15 is 0 Å². The van der Waals surface area contributed by atoms with E-state index < -0.39 is 0 Å². The van der Waals surface area contributed by atoms with E-state index in [2.05, 4.69) is 24.0 Å². The van der Waals surface area contributed by atoms with E-state index in [1.165, 1.54) is 12.8 Å². The second kappa shape index (κ2) is 3.19. The van der Waals surface area contributed by atoms with Crippen LogP contribution in [0.4, 0.5) is 0 Å². The molecule has 1 saturated carbocycles. The summed E-state index contributed by atoms with van der Waals surface area (Å²) in [6, 6.07) is 1.72. The normalized spacial score (nSPS) is 32.8. The van der Waals surface area contributed by atoms with Gasteiger partial charge in [-0.3, -0.25) is 4.79 Å². The minimum Gasteiger partial charge on any atom is -0.384 e. The van der Waals surface area contributed by atoms with Gasteiger partial charge in [0.1, 0.15) is 0 Å². The summed E-state index contributed by atoms with van der Waals surface area (Å²) in [5.41, 5.74) is 2.25. The van der Waals surface area contributed by atoms with E-state index in [1.807, 2.05) is 0 Å². The number of ether oxygens (including phenoxy) is 1. The summed E-state index contributed by atoms with van der Waals surface area (Å²) in [6.07, 6.45) is 2.41. The summed E-state index contributed by atoms with van der Waals surface area (Å²) in [7, 11) is 1.73. The molecule has 92 valence electrons. The number of methoxy groups -OCH3 is 1. The van der Waals surface area contributed by atoms with E-state index in [0.29, 0.717) is 12.5 Å². The van der Waals surface area contributed by atoms with E-state index in [-0.39, 0.29) is 16.4 Å². The number of H-pyrrole nitrogens is 1. The molecule has 0 aromatic carbocycles. The van der Waals surface area contributed by atoms with Gasteiger partial charge in [0, 0.05) is 18.6 Å². The average molecular weight is 234 g/mol. The maximum absolute atomic E-state index is 11.4. The van der Waals surface area contributed by atoms with Gasteiger partial charge in [0.15, 0.2) is 0 Å². The molecule has 4 heteroatoms. The Morgan fingerprint density at radius 3 is 2.88 bits per heavy atom. The van der Waals surface area contributed by atoms with Crippen molar-refractivity contribution in [3.05, 3.63) is 27.7 Å². The van der Waals surface area contributed by atoms with Gasteiger partial charge in [0.25, 0.3) is 5.56 Å². The van der Waals surface area contributed by atoms with Gasteiger partial charge in [-0.25, -0.2) is 5.10 Å². The fraction of sp³-hybridized carbons (Fsp3) is 0.692. The van der Waals surface area contributed by atoms with Crippen LogP contribution in [0.2, 0.25) is 0 Å². The van der Waals surface area contributed by atoms with Gasteiger partial charge < -0.3 is 4.74 Å². The summed E-state index contributed by atoms with van der Waals surface area (Å²) in [4.78, 5) is 11.4. The average Bonchev–Trinajstić information content (AvgIpc) is 3.06. The Morgan fingerprint density at radius 1 is 1.59 bits per heavy atom. The summed E-state index contributed by atoms with van der Waals surface area (Å²) >= 11 is 0. The molecule has 2 unspecified atom stereocenters. The first-order valence-electron chi connectivity index (χ1n) is 6.14. The Labute approximate surface area is 100 Å². The van der Waals surface area contributed by atoms with Gasteiger partial charge in [0.05, 0.1) is 12.3 Å². The van der Waals surface area contributed by atoms with Crippen molar-refractivity contribution in [2.45, 2.75) is 38.0 Å². The quantitative estimate of drug-likeness (QED) is 0.845. The maximum atomic E-state index is 11.4. The Morgan fingerprint density at radius 2 is 2.29 bits per heavy atom. The van der Waals surface area contributed by atoms with E-state index in [1.54, 1.807) is 13.2 Å². The standard InChI is InChI=1S/C13H18N2O2/c1-8-9-6-10(16)14-15-11(9)12(2,7-17-3)13(8)4-5-13/h6,8H,4-5,7H2,1-3H3,(H,14,16). The largest absolute Gasteiger partial charge is 0.384 e. The summed E-state index contributed by atoms with van der Waals surface area (Å²) in [5, 5.41) is 6.87. The lowest BCUT2D eigenvalue weighted by atomic mass is 9.73. The highest BCUT2D eigenvalue weighted by atomic mass is 16.5. The molecule has 0 aliphatic heterocycles. The Balaban J connectivity index is 2.21. The predicted molar refractivity (Wildman–Crippen MR) is 64.2 cm³/mol. The third-order valence-corrected chi connectivity index (χ3v) is 4.98. The van der Waals surface area contributed by atoms with Crippen molar-refractivity contribution in [3.8, 4) is 0 Å². The second-order valence-electron chi connectivity index (χ2n) is 5.68. The number of rotatable bonds is 2. The van der Waals surface area contributed by atoms with E-state index in [0.717, 1.165) is 11.3 Å². The van der Waals surface area contributed by atoms with Crippen molar-refractivity contribution < 1.29 is 4.74 Å². The third kappa shape index (κ3) is 1.16. The highest BCUT2D eigenvalue weighted by Crippen LogP contribution is 2.71. The molecular formula is C13H18N2O2. The van der Waals surface area contributed by atoms with Crippen LogP contribution in [0.3, 0.4) is 0 Å². The molecule has 3 rings (SSSR count). The highest BCUT2D eigenvalue weighted by Gasteiger charge is 2.66. The lowest BCUT2D eigenvalue weighted by Gasteiger charge is -2.32. The van der Waals surface area contributed by atoms with E-state index in [4.69, 9.17) is 4.74 Å². The Bertz CT molecular complexity index is 518. The zero-order chi connectivity index (χ0) is 12.3. The minimum absolute atomic E-state index is 0.0549. The number of hydrogen-bond donors (Lipinski definition) is 1. The van der Waals surface area contributed by atoms with Crippen LogP contribution in [0.15, 0.2) is 10.9 Å². The topological polar surface area (TPSA) is 55.0 Å². The zero-order valence-electron chi connectivity index (χ0n) is 10.5.